The third-order valence-electron chi connectivity index (χ3n) is 2.34. The smallest absolute Gasteiger partial charge is 0.222 e. The molecule has 0 aliphatic carbocycles. The summed E-state index contributed by atoms with van der Waals surface area (Å²) >= 11 is 15.2. The van der Waals surface area contributed by atoms with Gasteiger partial charge in [-0.05, 0) is 36.8 Å². The predicted molar refractivity (Wildman–Crippen MR) is 77.8 cm³/mol. The second-order valence-electron chi connectivity index (χ2n) is 3.78. The Kier molecular flexibility index (Phi) is 4.49. The van der Waals surface area contributed by atoms with Gasteiger partial charge < -0.3 is 4.74 Å². The summed E-state index contributed by atoms with van der Waals surface area (Å²) in [6.07, 6.45) is 1.70. The third-order valence-corrected chi connectivity index (χ3v) is 3.46. The van der Waals surface area contributed by atoms with Crippen LogP contribution in [0.5, 0.6) is 11.6 Å². The van der Waals surface area contributed by atoms with Crippen molar-refractivity contribution in [2.24, 2.45) is 0 Å². The van der Waals surface area contributed by atoms with Crippen molar-refractivity contribution in [3.63, 3.8) is 0 Å². The lowest BCUT2D eigenvalue weighted by atomic mass is 10.2. The molecule has 0 atom stereocenters. The first-order valence-electron chi connectivity index (χ1n) is 5.24. The summed E-state index contributed by atoms with van der Waals surface area (Å²) in [5.74, 6) is 1.54. The van der Waals surface area contributed by atoms with Crippen LogP contribution in [0.25, 0.3) is 0 Å². The maximum atomic E-state index is 6.06. The van der Waals surface area contributed by atoms with Gasteiger partial charge in [0.15, 0.2) is 0 Å². The monoisotopic (exact) mass is 345 g/mol. The number of alkyl halides is 1. The molecule has 0 fully saturated rings. The Morgan fingerprint density at radius 1 is 1.33 bits per heavy atom. The summed E-state index contributed by atoms with van der Waals surface area (Å²) in [6, 6.07) is 7.37. The Morgan fingerprint density at radius 3 is 2.78 bits per heavy atom. The van der Waals surface area contributed by atoms with E-state index in [9.17, 15) is 0 Å². The molecule has 1 heterocycles. The Hall–Kier alpha value is -0.770. The molecule has 2 aromatic rings. The van der Waals surface area contributed by atoms with Gasteiger partial charge in [-0.3, -0.25) is 0 Å². The van der Waals surface area contributed by atoms with Crippen LogP contribution in [0, 0.1) is 6.92 Å². The molecule has 1 aromatic heterocycles. The predicted octanol–water partition coefficient (Wildman–Crippen LogP) is 5.34. The van der Waals surface area contributed by atoms with E-state index in [4.69, 9.17) is 27.9 Å². The van der Waals surface area contributed by atoms with E-state index in [0.29, 0.717) is 22.5 Å². The van der Waals surface area contributed by atoms with E-state index in [1.807, 2.05) is 19.1 Å². The molecule has 2 nitrogen and oxygen atoms in total. The minimum absolute atomic E-state index is 0.436. The van der Waals surface area contributed by atoms with Crippen molar-refractivity contribution in [1.29, 1.82) is 0 Å². The van der Waals surface area contributed by atoms with Crippen LogP contribution in [0.3, 0.4) is 0 Å². The summed E-state index contributed by atoms with van der Waals surface area (Å²) < 4.78 is 6.60. The van der Waals surface area contributed by atoms with E-state index < -0.39 is 0 Å². The van der Waals surface area contributed by atoms with Crippen molar-refractivity contribution in [2.45, 2.75) is 12.8 Å². The number of nitrogens with zero attached hydrogens (tertiary/aromatic N) is 1. The number of rotatable bonds is 3. The number of aryl methyl sites for hydroxylation is 1. The van der Waals surface area contributed by atoms with Gasteiger partial charge in [0.2, 0.25) is 5.88 Å². The molecule has 2 rings (SSSR count). The van der Waals surface area contributed by atoms with Gasteiger partial charge in [-0.25, -0.2) is 4.98 Å². The van der Waals surface area contributed by atoms with Crippen molar-refractivity contribution in [2.75, 3.05) is 0 Å². The van der Waals surface area contributed by atoms with Crippen LogP contribution in [0.4, 0.5) is 0 Å². The molecule has 0 N–H and O–H groups in total. The van der Waals surface area contributed by atoms with Gasteiger partial charge in [-0.1, -0.05) is 27.5 Å². The summed E-state index contributed by atoms with van der Waals surface area (Å²) in [5, 5.41) is 0.542. The highest BCUT2D eigenvalue weighted by Crippen LogP contribution is 2.32. The number of aromatic nitrogens is 1. The number of benzene rings is 1. The van der Waals surface area contributed by atoms with Gasteiger partial charge in [-0.15, -0.1) is 11.6 Å². The molecule has 94 valence electrons. The van der Waals surface area contributed by atoms with Crippen LogP contribution in [-0.2, 0) is 5.88 Å². The van der Waals surface area contributed by atoms with Crippen LogP contribution in [0.1, 0.15) is 11.1 Å². The molecule has 0 bridgehead atoms. The summed E-state index contributed by atoms with van der Waals surface area (Å²) in [5.41, 5.74) is 1.88. The molecule has 0 amide bonds. The number of halogens is 3. The molecule has 0 aliphatic rings. The van der Waals surface area contributed by atoms with Crippen molar-refractivity contribution in [3.05, 3.63) is 51.1 Å². The topological polar surface area (TPSA) is 22.1 Å². The number of hydrogen-bond acceptors (Lipinski definition) is 2. The highest BCUT2D eigenvalue weighted by molar-refractivity contribution is 9.10. The minimum atomic E-state index is 0.436. The maximum Gasteiger partial charge on any atom is 0.222 e. The average molecular weight is 347 g/mol. The molecular formula is C13H10BrCl2NO. The summed E-state index contributed by atoms with van der Waals surface area (Å²) in [7, 11) is 0. The van der Waals surface area contributed by atoms with E-state index in [-0.39, 0.29) is 0 Å². The highest BCUT2D eigenvalue weighted by Gasteiger charge is 2.08. The zero-order valence-corrected chi connectivity index (χ0v) is 12.7. The zero-order valence-electron chi connectivity index (χ0n) is 9.58. The molecule has 5 heteroatoms. The van der Waals surface area contributed by atoms with Crippen LogP contribution >= 0.6 is 39.1 Å². The largest absolute Gasteiger partial charge is 0.437 e. The van der Waals surface area contributed by atoms with Gasteiger partial charge in [-0.2, -0.15) is 0 Å². The van der Waals surface area contributed by atoms with Crippen molar-refractivity contribution in [1.82, 2.24) is 4.98 Å². The maximum absolute atomic E-state index is 6.06. The van der Waals surface area contributed by atoms with Crippen molar-refractivity contribution < 1.29 is 4.74 Å². The first-order chi connectivity index (χ1) is 8.60. The Morgan fingerprint density at radius 2 is 2.11 bits per heavy atom. The summed E-state index contributed by atoms with van der Waals surface area (Å²) in [4.78, 5) is 4.23. The minimum Gasteiger partial charge on any atom is -0.437 e. The van der Waals surface area contributed by atoms with Crippen molar-refractivity contribution >= 4 is 39.1 Å². The fourth-order valence-corrected chi connectivity index (χ4v) is 2.10. The van der Waals surface area contributed by atoms with Crippen LogP contribution in [0.2, 0.25) is 5.02 Å². The Labute approximate surface area is 124 Å². The lowest BCUT2D eigenvalue weighted by Gasteiger charge is -2.10. The van der Waals surface area contributed by atoms with Crippen LogP contribution in [0.15, 0.2) is 34.9 Å². The van der Waals surface area contributed by atoms with Gasteiger partial charge in [0.25, 0.3) is 0 Å². The SMILES string of the molecule is Cc1cc(CCl)cnc1Oc1cc(Br)ccc1Cl. The second-order valence-corrected chi connectivity index (χ2v) is 5.37. The van der Waals surface area contributed by atoms with Gasteiger partial charge in [0.05, 0.1) is 5.02 Å². The molecule has 0 radical (unpaired) electrons. The average Bonchev–Trinajstić information content (AvgIpc) is 2.36. The lowest BCUT2D eigenvalue weighted by Crippen LogP contribution is -1.93. The standard InChI is InChI=1S/C13H10BrCl2NO/c1-8-4-9(6-15)7-17-13(8)18-12-5-10(14)2-3-11(12)16/h2-5,7H,6H2,1H3. The molecule has 0 saturated carbocycles. The molecule has 0 saturated heterocycles. The Balaban J connectivity index is 2.31. The number of ether oxygens (including phenoxy) is 1. The zero-order chi connectivity index (χ0) is 13.1. The van der Waals surface area contributed by atoms with E-state index in [1.165, 1.54) is 0 Å². The van der Waals surface area contributed by atoms with E-state index in [2.05, 4.69) is 20.9 Å². The normalized spacial score (nSPS) is 10.4. The number of pyridine rings is 1. The first-order valence-corrected chi connectivity index (χ1v) is 6.95. The fourth-order valence-electron chi connectivity index (χ4n) is 1.46. The lowest BCUT2D eigenvalue weighted by molar-refractivity contribution is 0.458. The van der Waals surface area contributed by atoms with E-state index in [0.717, 1.165) is 15.6 Å². The fraction of sp³-hybridized carbons (Fsp3) is 0.154. The van der Waals surface area contributed by atoms with Crippen LogP contribution in [-0.4, -0.2) is 4.98 Å². The first kappa shape index (κ1) is 13.7. The van der Waals surface area contributed by atoms with Gasteiger partial charge >= 0.3 is 0 Å². The highest BCUT2D eigenvalue weighted by atomic mass is 79.9. The summed E-state index contributed by atoms with van der Waals surface area (Å²) in [6.45, 7) is 1.92. The number of hydrogen-bond donors (Lipinski definition) is 0. The molecular weight excluding hydrogens is 337 g/mol. The second kappa shape index (κ2) is 5.91. The molecule has 0 unspecified atom stereocenters. The Bertz CT molecular complexity index is 575. The molecule has 18 heavy (non-hydrogen) atoms. The van der Waals surface area contributed by atoms with Gasteiger partial charge in [0, 0.05) is 22.1 Å². The molecule has 0 spiro atoms. The van der Waals surface area contributed by atoms with Gasteiger partial charge in [0.1, 0.15) is 5.75 Å². The molecule has 1 aromatic carbocycles. The molecule has 0 aliphatic heterocycles. The third kappa shape index (κ3) is 3.16. The van der Waals surface area contributed by atoms with Crippen molar-refractivity contribution in [3.8, 4) is 11.6 Å². The quantitative estimate of drug-likeness (QED) is 0.700. The van der Waals surface area contributed by atoms with E-state index in [1.54, 1.807) is 18.3 Å². The van der Waals surface area contributed by atoms with Crippen LogP contribution < -0.4 is 4.74 Å². The van der Waals surface area contributed by atoms with E-state index >= 15 is 0 Å².